The van der Waals surface area contributed by atoms with Crippen molar-refractivity contribution < 1.29 is 9.59 Å². The zero-order valence-electron chi connectivity index (χ0n) is 16.4. The Labute approximate surface area is 169 Å². The average Bonchev–Trinajstić information content (AvgIpc) is 3.36. The Kier molecular flexibility index (Phi) is 6.97. The maximum absolute atomic E-state index is 12.7. The van der Waals surface area contributed by atoms with Crippen molar-refractivity contribution in [1.82, 2.24) is 25.2 Å². The molecule has 0 spiro atoms. The van der Waals surface area contributed by atoms with Crippen molar-refractivity contribution in [3.63, 3.8) is 0 Å². The van der Waals surface area contributed by atoms with Gasteiger partial charge in [-0.15, -0.1) is 16.4 Å². The number of nitrogens with one attached hydrogen (secondary N) is 1. The van der Waals surface area contributed by atoms with Gasteiger partial charge in [0.25, 0.3) is 5.91 Å². The lowest BCUT2D eigenvalue weighted by atomic mass is 9.99. The standard InChI is InChI=1S/C20H27N5O2S/c1-15(2)21-20(27)18-14-24(23-22-18)12-10-16-6-3-4-11-25(16)19(26)9-8-17-7-5-13-28-17/h5,7-9,13-16H,3-4,6,10-12H2,1-2H3,(H,21,27)/b9-8+. The molecule has 2 aromatic heterocycles. The minimum atomic E-state index is -0.213. The molecule has 2 aromatic rings. The molecule has 0 bridgehead atoms. The molecule has 1 aliphatic rings. The summed E-state index contributed by atoms with van der Waals surface area (Å²) in [4.78, 5) is 27.7. The largest absolute Gasteiger partial charge is 0.348 e. The van der Waals surface area contributed by atoms with E-state index in [1.54, 1.807) is 28.3 Å². The molecule has 3 heterocycles. The van der Waals surface area contributed by atoms with Crippen LogP contribution < -0.4 is 5.32 Å². The third kappa shape index (κ3) is 5.51. The molecule has 1 saturated heterocycles. The number of hydrogen-bond acceptors (Lipinski definition) is 5. The van der Waals surface area contributed by atoms with Crippen LogP contribution in [0.2, 0.25) is 0 Å². The van der Waals surface area contributed by atoms with Crippen molar-refractivity contribution in [1.29, 1.82) is 0 Å². The molecule has 0 aromatic carbocycles. The van der Waals surface area contributed by atoms with Crippen LogP contribution in [-0.4, -0.2) is 50.3 Å². The summed E-state index contributed by atoms with van der Waals surface area (Å²) in [5.74, 6) is -0.150. The van der Waals surface area contributed by atoms with Crippen molar-refractivity contribution in [2.75, 3.05) is 6.54 Å². The summed E-state index contributed by atoms with van der Waals surface area (Å²) in [6, 6.07) is 4.22. The first kappa shape index (κ1) is 20.3. The zero-order chi connectivity index (χ0) is 19.9. The first-order chi connectivity index (χ1) is 13.5. The summed E-state index contributed by atoms with van der Waals surface area (Å²) >= 11 is 1.62. The quantitative estimate of drug-likeness (QED) is 0.724. The second kappa shape index (κ2) is 9.64. The number of rotatable bonds is 7. The smallest absolute Gasteiger partial charge is 0.273 e. The van der Waals surface area contributed by atoms with Crippen LogP contribution in [0.1, 0.15) is 54.9 Å². The third-order valence-electron chi connectivity index (χ3n) is 4.73. The lowest BCUT2D eigenvalue weighted by Gasteiger charge is -2.35. The molecule has 1 unspecified atom stereocenters. The van der Waals surface area contributed by atoms with E-state index in [4.69, 9.17) is 0 Å². The first-order valence-corrected chi connectivity index (χ1v) is 10.6. The lowest BCUT2D eigenvalue weighted by Crippen LogP contribution is -2.43. The molecule has 1 fully saturated rings. The first-order valence-electron chi connectivity index (χ1n) is 9.76. The van der Waals surface area contributed by atoms with Gasteiger partial charge in [0, 0.05) is 36.1 Å². The Morgan fingerprint density at radius 1 is 1.39 bits per heavy atom. The molecule has 1 atom stereocenters. The molecule has 0 saturated carbocycles. The van der Waals surface area contributed by atoms with Gasteiger partial charge in [-0.25, -0.2) is 0 Å². The molecule has 150 valence electrons. The van der Waals surface area contributed by atoms with Gasteiger partial charge in [0.2, 0.25) is 5.91 Å². The second-order valence-electron chi connectivity index (χ2n) is 7.31. The van der Waals surface area contributed by atoms with E-state index in [1.165, 1.54) is 0 Å². The van der Waals surface area contributed by atoms with E-state index in [0.717, 1.165) is 37.1 Å². The number of hydrogen-bond donors (Lipinski definition) is 1. The molecule has 0 radical (unpaired) electrons. The minimum absolute atomic E-state index is 0.0571. The number of aryl methyl sites for hydroxylation is 1. The summed E-state index contributed by atoms with van der Waals surface area (Å²) in [5, 5.41) is 12.8. The summed E-state index contributed by atoms with van der Waals surface area (Å²) in [6.07, 6.45) is 9.19. The highest BCUT2D eigenvalue weighted by atomic mass is 32.1. The number of piperidine rings is 1. The fourth-order valence-electron chi connectivity index (χ4n) is 3.36. The van der Waals surface area contributed by atoms with Crippen LogP contribution in [0, 0.1) is 0 Å². The third-order valence-corrected chi connectivity index (χ3v) is 5.56. The Bertz CT molecular complexity index is 812. The van der Waals surface area contributed by atoms with Gasteiger partial charge < -0.3 is 10.2 Å². The minimum Gasteiger partial charge on any atom is -0.348 e. The van der Waals surface area contributed by atoms with Crippen LogP contribution in [0.4, 0.5) is 0 Å². The van der Waals surface area contributed by atoms with Crippen molar-refractivity contribution in [3.8, 4) is 0 Å². The Hall–Kier alpha value is -2.48. The molecule has 3 rings (SSSR count). The molecule has 1 N–H and O–H groups in total. The predicted molar refractivity (Wildman–Crippen MR) is 110 cm³/mol. The van der Waals surface area contributed by atoms with Crippen molar-refractivity contribution in [3.05, 3.63) is 40.4 Å². The summed E-state index contributed by atoms with van der Waals surface area (Å²) in [7, 11) is 0. The van der Waals surface area contributed by atoms with E-state index in [1.807, 2.05) is 42.3 Å². The summed E-state index contributed by atoms with van der Waals surface area (Å²) < 4.78 is 1.69. The predicted octanol–water partition coefficient (Wildman–Crippen LogP) is 2.96. The number of thiophene rings is 1. The van der Waals surface area contributed by atoms with Crippen LogP contribution in [0.3, 0.4) is 0 Å². The summed E-state index contributed by atoms with van der Waals surface area (Å²) in [6.45, 7) is 5.23. The maximum atomic E-state index is 12.7. The number of carbonyl (C=O) groups is 2. The maximum Gasteiger partial charge on any atom is 0.273 e. The van der Waals surface area contributed by atoms with Crippen molar-refractivity contribution in [2.45, 2.75) is 58.2 Å². The van der Waals surface area contributed by atoms with Gasteiger partial charge in [-0.2, -0.15) is 0 Å². The van der Waals surface area contributed by atoms with Gasteiger partial charge >= 0.3 is 0 Å². The van der Waals surface area contributed by atoms with Gasteiger partial charge in [0.1, 0.15) is 0 Å². The molecular formula is C20H27N5O2S. The fraction of sp³-hybridized carbons (Fsp3) is 0.500. The molecule has 8 heteroatoms. The number of nitrogens with zero attached hydrogens (tertiary/aromatic N) is 4. The van der Waals surface area contributed by atoms with E-state index in [0.29, 0.717) is 12.2 Å². The van der Waals surface area contributed by atoms with Crippen LogP contribution >= 0.6 is 11.3 Å². The van der Waals surface area contributed by atoms with Gasteiger partial charge in [-0.05, 0) is 57.1 Å². The van der Waals surface area contributed by atoms with Gasteiger partial charge in [0.05, 0.1) is 6.20 Å². The Morgan fingerprint density at radius 3 is 3.00 bits per heavy atom. The highest BCUT2D eigenvalue weighted by molar-refractivity contribution is 7.10. The molecular weight excluding hydrogens is 374 g/mol. The number of aromatic nitrogens is 3. The molecule has 7 nitrogen and oxygen atoms in total. The SMILES string of the molecule is CC(C)NC(=O)c1cn(CCC2CCCCN2C(=O)/C=C/c2cccs2)nn1. The average molecular weight is 402 g/mol. The molecule has 28 heavy (non-hydrogen) atoms. The molecule has 1 aliphatic heterocycles. The molecule has 0 aliphatic carbocycles. The van der Waals surface area contributed by atoms with E-state index >= 15 is 0 Å². The summed E-state index contributed by atoms with van der Waals surface area (Å²) in [5.41, 5.74) is 0.323. The van der Waals surface area contributed by atoms with E-state index in [9.17, 15) is 9.59 Å². The second-order valence-corrected chi connectivity index (χ2v) is 8.29. The van der Waals surface area contributed by atoms with Crippen LogP contribution in [-0.2, 0) is 11.3 Å². The van der Waals surface area contributed by atoms with E-state index < -0.39 is 0 Å². The highest BCUT2D eigenvalue weighted by Crippen LogP contribution is 2.21. The monoisotopic (exact) mass is 401 g/mol. The number of likely N-dealkylation sites (tertiary alicyclic amines) is 1. The lowest BCUT2D eigenvalue weighted by molar-refractivity contribution is -0.129. The van der Waals surface area contributed by atoms with Crippen LogP contribution in [0.5, 0.6) is 0 Å². The topological polar surface area (TPSA) is 80.1 Å². The number of amides is 2. The van der Waals surface area contributed by atoms with Crippen molar-refractivity contribution >= 4 is 29.2 Å². The van der Waals surface area contributed by atoms with E-state index in [-0.39, 0.29) is 23.9 Å². The number of carbonyl (C=O) groups excluding carboxylic acids is 2. The van der Waals surface area contributed by atoms with Gasteiger partial charge in [-0.1, -0.05) is 11.3 Å². The van der Waals surface area contributed by atoms with Gasteiger partial charge in [-0.3, -0.25) is 14.3 Å². The van der Waals surface area contributed by atoms with Crippen LogP contribution in [0.25, 0.3) is 6.08 Å². The highest BCUT2D eigenvalue weighted by Gasteiger charge is 2.25. The van der Waals surface area contributed by atoms with Crippen LogP contribution in [0.15, 0.2) is 29.8 Å². The Morgan fingerprint density at radius 2 is 2.25 bits per heavy atom. The molecule has 2 amide bonds. The van der Waals surface area contributed by atoms with Gasteiger partial charge in [0.15, 0.2) is 5.69 Å². The van der Waals surface area contributed by atoms with E-state index in [2.05, 4.69) is 15.6 Å². The fourth-order valence-corrected chi connectivity index (χ4v) is 3.97. The Balaban J connectivity index is 1.57. The zero-order valence-corrected chi connectivity index (χ0v) is 17.2. The van der Waals surface area contributed by atoms with Crippen molar-refractivity contribution in [2.24, 2.45) is 0 Å². The normalized spacial score (nSPS) is 17.4.